The number of nitrogens with zero attached hydrogens (tertiary/aromatic N) is 1. The highest BCUT2D eigenvalue weighted by atomic mass is 32.2. The Bertz CT molecular complexity index is 527. The van der Waals surface area contributed by atoms with Crippen LogP contribution in [0.4, 0.5) is 0 Å². The van der Waals surface area contributed by atoms with Crippen molar-refractivity contribution >= 4 is 21.4 Å². The van der Waals surface area contributed by atoms with Crippen LogP contribution < -0.4 is 5.32 Å². The van der Waals surface area contributed by atoms with Crippen molar-refractivity contribution in [2.24, 2.45) is 0 Å². The van der Waals surface area contributed by atoms with Crippen LogP contribution in [0.2, 0.25) is 0 Å². The van der Waals surface area contributed by atoms with E-state index in [1.54, 1.807) is 6.07 Å². The summed E-state index contributed by atoms with van der Waals surface area (Å²) < 4.78 is 32.4. The van der Waals surface area contributed by atoms with Crippen molar-refractivity contribution < 1.29 is 13.2 Å². The van der Waals surface area contributed by atoms with Crippen LogP contribution in [0.5, 0.6) is 0 Å². The number of nitrogens with one attached hydrogen (secondary N) is 1. The molecule has 20 heavy (non-hydrogen) atoms. The van der Waals surface area contributed by atoms with Gasteiger partial charge in [0.25, 0.3) is 10.0 Å². The second-order valence-electron chi connectivity index (χ2n) is 4.94. The highest BCUT2D eigenvalue weighted by molar-refractivity contribution is 7.91. The third-order valence-corrected chi connectivity index (χ3v) is 6.58. The van der Waals surface area contributed by atoms with E-state index in [9.17, 15) is 8.42 Å². The molecule has 2 rings (SSSR count). The largest absolute Gasteiger partial charge is 0.376 e. The second kappa shape index (κ2) is 7.00. The van der Waals surface area contributed by atoms with E-state index < -0.39 is 10.0 Å². The lowest BCUT2D eigenvalue weighted by atomic mass is 10.3. The van der Waals surface area contributed by atoms with Gasteiger partial charge in [0.05, 0.1) is 12.7 Å². The lowest BCUT2D eigenvalue weighted by Gasteiger charge is -2.29. The standard InChI is InChI=1S/C13H22N2O3S2/c1-3-6-14-9-12-4-5-13(19-12)20(16,17)15-7-8-18-11(2)10-15/h4-5,11,14H,3,6-10H2,1-2H3. The summed E-state index contributed by atoms with van der Waals surface area (Å²) in [5.74, 6) is 0. The number of rotatable bonds is 6. The third kappa shape index (κ3) is 3.79. The average Bonchev–Trinajstić information content (AvgIpc) is 2.88. The summed E-state index contributed by atoms with van der Waals surface area (Å²) in [5, 5.41) is 3.28. The summed E-state index contributed by atoms with van der Waals surface area (Å²) >= 11 is 1.35. The minimum atomic E-state index is -3.36. The fourth-order valence-electron chi connectivity index (χ4n) is 2.11. The Morgan fingerprint density at radius 1 is 1.50 bits per heavy atom. The summed E-state index contributed by atoms with van der Waals surface area (Å²) in [6, 6.07) is 3.60. The molecule has 0 spiro atoms. The molecule has 0 radical (unpaired) electrons. The summed E-state index contributed by atoms with van der Waals surface area (Å²) in [6.07, 6.45) is 1.03. The van der Waals surface area contributed by atoms with E-state index in [0.717, 1.165) is 24.4 Å². The van der Waals surface area contributed by atoms with E-state index in [2.05, 4.69) is 12.2 Å². The maximum Gasteiger partial charge on any atom is 0.252 e. The first-order valence-corrected chi connectivity index (χ1v) is 9.21. The molecule has 7 heteroatoms. The minimum Gasteiger partial charge on any atom is -0.376 e. The van der Waals surface area contributed by atoms with Crippen LogP contribution in [0.3, 0.4) is 0 Å². The van der Waals surface area contributed by atoms with Gasteiger partial charge in [-0.05, 0) is 32.0 Å². The van der Waals surface area contributed by atoms with Gasteiger partial charge in [0.15, 0.2) is 0 Å². The van der Waals surface area contributed by atoms with Crippen molar-refractivity contribution in [3.8, 4) is 0 Å². The molecule has 1 aromatic rings. The van der Waals surface area contributed by atoms with Crippen molar-refractivity contribution in [2.45, 2.75) is 37.1 Å². The molecule has 0 saturated carbocycles. The number of morpholine rings is 1. The molecule has 5 nitrogen and oxygen atoms in total. The van der Waals surface area contributed by atoms with Gasteiger partial charge in [0, 0.05) is 24.5 Å². The highest BCUT2D eigenvalue weighted by Gasteiger charge is 2.30. The van der Waals surface area contributed by atoms with Gasteiger partial charge in [0.1, 0.15) is 4.21 Å². The summed E-state index contributed by atoms with van der Waals surface area (Å²) in [5.41, 5.74) is 0. The Balaban J connectivity index is 2.05. The zero-order chi connectivity index (χ0) is 14.6. The molecule has 1 unspecified atom stereocenters. The molecular formula is C13H22N2O3S2. The first kappa shape index (κ1) is 15.9. The second-order valence-corrected chi connectivity index (χ2v) is 8.28. The lowest BCUT2D eigenvalue weighted by molar-refractivity contribution is 0.0102. The Morgan fingerprint density at radius 2 is 2.30 bits per heavy atom. The number of ether oxygens (including phenoxy) is 1. The van der Waals surface area contributed by atoms with Gasteiger partial charge in [-0.1, -0.05) is 6.92 Å². The lowest BCUT2D eigenvalue weighted by Crippen LogP contribution is -2.44. The third-order valence-electron chi connectivity index (χ3n) is 3.16. The Hall–Kier alpha value is -0.470. The van der Waals surface area contributed by atoms with Crippen LogP contribution in [-0.4, -0.2) is 45.1 Å². The van der Waals surface area contributed by atoms with Crippen LogP contribution in [0, 0.1) is 0 Å². The number of thiophene rings is 1. The van der Waals surface area contributed by atoms with Gasteiger partial charge >= 0.3 is 0 Å². The Labute approximate surface area is 125 Å². The molecule has 0 bridgehead atoms. The van der Waals surface area contributed by atoms with E-state index in [-0.39, 0.29) is 6.10 Å². The summed E-state index contributed by atoms with van der Waals surface area (Å²) in [7, 11) is -3.36. The molecule has 1 atom stereocenters. The van der Waals surface area contributed by atoms with Crippen LogP contribution in [0.15, 0.2) is 16.3 Å². The molecule has 1 N–H and O–H groups in total. The van der Waals surface area contributed by atoms with Crippen LogP contribution in [-0.2, 0) is 21.3 Å². The minimum absolute atomic E-state index is 0.0378. The number of hydrogen-bond donors (Lipinski definition) is 1. The monoisotopic (exact) mass is 318 g/mol. The quantitative estimate of drug-likeness (QED) is 0.811. The normalized spacial score (nSPS) is 21.2. The van der Waals surface area contributed by atoms with Gasteiger partial charge in [0.2, 0.25) is 0 Å². The van der Waals surface area contributed by atoms with Crippen LogP contribution in [0.1, 0.15) is 25.1 Å². The smallest absolute Gasteiger partial charge is 0.252 e. The van der Waals surface area contributed by atoms with E-state index >= 15 is 0 Å². The fourth-order valence-corrected chi connectivity index (χ4v) is 5.09. The first-order valence-electron chi connectivity index (χ1n) is 6.95. The average molecular weight is 318 g/mol. The van der Waals surface area contributed by atoms with E-state index in [1.165, 1.54) is 15.6 Å². The van der Waals surface area contributed by atoms with E-state index in [1.807, 2.05) is 13.0 Å². The molecule has 1 saturated heterocycles. The SMILES string of the molecule is CCCNCc1ccc(S(=O)(=O)N2CCOC(C)C2)s1. The molecule has 1 aromatic heterocycles. The van der Waals surface area contributed by atoms with Crippen LogP contribution >= 0.6 is 11.3 Å². The summed E-state index contributed by atoms with van der Waals surface area (Å²) in [4.78, 5) is 1.05. The van der Waals surface area contributed by atoms with Crippen molar-refractivity contribution in [3.63, 3.8) is 0 Å². The van der Waals surface area contributed by atoms with Gasteiger partial charge in [-0.15, -0.1) is 11.3 Å². The zero-order valence-electron chi connectivity index (χ0n) is 12.0. The molecule has 114 valence electrons. The molecular weight excluding hydrogens is 296 g/mol. The first-order chi connectivity index (χ1) is 9.54. The Morgan fingerprint density at radius 3 is 3.00 bits per heavy atom. The van der Waals surface area contributed by atoms with Gasteiger partial charge in [-0.3, -0.25) is 0 Å². The number of hydrogen-bond acceptors (Lipinski definition) is 5. The Kier molecular flexibility index (Phi) is 5.57. The van der Waals surface area contributed by atoms with Gasteiger partial charge < -0.3 is 10.1 Å². The van der Waals surface area contributed by atoms with Gasteiger partial charge in [-0.2, -0.15) is 4.31 Å². The fraction of sp³-hybridized carbons (Fsp3) is 0.692. The van der Waals surface area contributed by atoms with Crippen LogP contribution in [0.25, 0.3) is 0 Å². The molecule has 1 aliphatic rings. The van der Waals surface area contributed by atoms with Gasteiger partial charge in [-0.25, -0.2) is 8.42 Å². The highest BCUT2D eigenvalue weighted by Crippen LogP contribution is 2.26. The maximum absolute atomic E-state index is 12.5. The summed E-state index contributed by atoms with van der Waals surface area (Å²) in [6.45, 7) is 7.02. The van der Waals surface area contributed by atoms with E-state index in [4.69, 9.17) is 4.74 Å². The van der Waals surface area contributed by atoms with E-state index in [0.29, 0.717) is 23.9 Å². The zero-order valence-corrected chi connectivity index (χ0v) is 13.6. The molecule has 1 aliphatic heterocycles. The maximum atomic E-state index is 12.5. The predicted molar refractivity (Wildman–Crippen MR) is 80.5 cm³/mol. The number of sulfonamides is 1. The van der Waals surface area contributed by atoms with Crippen molar-refractivity contribution in [2.75, 3.05) is 26.2 Å². The van der Waals surface area contributed by atoms with Crippen molar-refractivity contribution in [3.05, 3.63) is 17.0 Å². The van der Waals surface area contributed by atoms with Crippen molar-refractivity contribution in [1.29, 1.82) is 0 Å². The predicted octanol–water partition coefficient (Wildman–Crippen LogP) is 1.66. The van der Waals surface area contributed by atoms with Crippen molar-refractivity contribution in [1.82, 2.24) is 9.62 Å². The molecule has 1 fully saturated rings. The molecule has 0 aliphatic carbocycles. The molecule has 0 amide bonds. The molecule has 2 heterocycles. The molecule has 0 aromatic carbocycles. The topological polar surface area (TPSA) is 58.6 Å².